The second-order valence-electron chi connectivity index (χ2n) is 11.4. The molecule has 4 N–H and O–H groups in total. The second kappa shape index (κ2) is 20.4. The van der Waals surface area contributed by atoms with Crippen LogP contribution in [0.3, 0.4) is 0 Å². The number of unbranched alkanes of at least 4 members (excludes halogenated alkanes) is 1. The summed E-state index contributed by atoms with van der Waals surface area (Å²) in [6.45, 7) is 6.63. The topological polar surface area (TPSA) is 164 Å². The number of fused-ring (bicyclic) bond motifs is 1. The summed E-state index contributed by atoms with van der Waals surface area (Å²) in [5, 5.41) is 12.2. The van der Waals surface area contributed by atoms with Gasteiger partial charge in [-0.05, 0) is 32.1 Å². The van der Waals surface area contributed by atoms with Crippen LogP contribution < -0.4 is 21.3 Å². The van der Waals surface area contributed by atoms with E-state index in [4.69, 9.17) is 14.2 Å². The van der Waals surface area contributed by atoms with E-state index in [1.165, 1.54) is 12.2 Å². The molecule has 3 aliphatic heterocycles. The molecular weight excluding hydrogens is 590 g/mol. The first kappa shape index (κ1) is 35.8. The molecule has 3 heterocycles. The van der Waals surface area contributed by atoms with E-state index in [-0.39, 0.29) is 60.6 Å². The van der Waals surface area contributed by atoms with Crippen LogP contribution in [-0.4, -0.2) is 117 Å². The van der Waals surface area contributed by atoms with Gasteiger partial charge in [-0.2, -0.15) is 11.8 Å². The van der Waals surface area contributed by atoms with Crippen molar-refractivity contribution in [3.8, 4) is 0 Å². The van der Waals surface area contributed by atoms with E-state index in [0.29, 0.717) is 77.2 Å². The molecular formula is C30H49N5O8S. The second-order valence-corrected chi connectivity index (χ2v) is 12.7. The van der Waals surface area contributed by atoms with Crippen molar-refractivity contribution in [1.82, 2.24) is 26.2 Å². The number of urea groups is 1. The van der Waals surface area contributed by atoms with E-state index in [1.807, 2.05) is 18.7 Å². The fourth-order valence-electron chi connectivity index (χ4n) is 5.14. The van der Waals surface area contributed by atoms with Gasteiger partial charge in [-0.1, -0.05) is 13.3 Å². The van der Waals surface area contributed by atoms with Crippen molar-refractivity contribution in [2.75, 3.05) is 65.0 Å². The predicted octanol–water partition coefficient (Wildman–Crippen LogP) is 1.12. The maximum atomic E-state index is 12.1. The number of nitrogens with one attached hydrogen (secondary N) is 4. The van der Waals surface area contributed by atoms with Gasteiger partial charge in [-0.3, -0.25) is 24.1 Å². The standard InChI is InChI=1S/C30H49N5O8S/c1-22(19-42-16-6-13-32-26(37)9-4-14-35-27(38)10-11-28(35)39)20-43-18-17-41-15-5-12-31-25(36)8-3-2-7-24-29-23(21-44-24)33-30(40)34-29/h10-11,22-24,29H,2-9,12-21H2,1H3,(H,31,36)(H,32,37)(H2,33,34,40). The molecule has 0 saturated carbocycles. The Balaban J connectivity index is 1.01. The Morgan fingerprint density at radius 2 is 1.48 bits per heavy atom. The molecule has 2 saturated heterocycles. The van der Waals surface area contributed by atoms with Gasteiger partial charge in [-0.25, -0.2) is 4.79 Å². The summed E-state index contributed by atoms with van der Waals surface area (Å²) in [6.07, 6.45) is 8.00. The molecule has 4 atom stereocenters. The number of nitrogens with zero attached hydrogens (tertiary/aromatic N) is 1. The molecule has 44 heavy (non-hydrogen) atoms. The molecule has 0 aromatic carbocycles. The molecule has 3 rings (SSSR count). The normalized spacial score (nSPS) is 21.3. The van der Waals surface area contributed by atoms with Crippen molar-refractivity contribution in [1.29, 1.82) is 0 Å². The van der Waals surface area contributed by atoms with E-state index < -0.39 is 0 Å². The van der Waals surface area contributed by atoms with Crippen LogP contribution in [0.25, 0.3) is 0 Å². The first-order valence-electron chi connectivity index (χ1n) is 15.8. The van der Waals surface area contributed by atoms with Crippen molar-refractivity contribution < 1.29 is 38.2 Å². The Hall–Kier alpha value is -2.68. The molecule has 0 spiro atoms. The third kappa shape index (κ3) is 13.5. The van der Waals surface area contributed by atoms with Crippen molar-refractivity contribution in [3.63, 3.8) is 0 Å². The number of thioether (sulfide) groups is 1. The van der Waals surface area contributed by atoms with Gasteiger partial charge in [0.25, 0.3) is 11.8 Å². The quantitative estimate of drug-likeness (QED) is 0.0688. The van der Waals surface area contributed by atoms with Crippen molar-refractivity contribution in [2.45, 2.75) is 75.6 Å². The fraction of sp³-hybridized carbons (Fsp3) is 0.767. The zero-order valence-electron chi connectivity index (χ0n) is 25.8. The van der Waals surface area contributed by atoms with Gasteiger partial charge >= 0.3 is 6.03 Å². The average molecular weight is 640 g/mol. The molecule has 0 radical (unpaired) electrons. The van der Waals surface area contributed by atoms with Crippen LogP contribution in [0, 0.1) is 5.92 Å². The van der Waals surface area contributed by atoms with Gasteiger partial charge in [0, 0.05) is 74.8 Å². The van der Waals surface area contributed by atoms with Crippen LogP contribution >= 0.6 is 11.8 Å². The Bertz CT molecular complexity index is 965. The number of rotatable bonds is 24. The Labute approximate surface area is 264 Å². The highest BCUT2D eigenvalue weighted by Gasteiger charge is 2.42. The number of carbonyl (C=O) groups is 5. The molecule has 0 aromatic rings. The summed E-state index contributed by atoms with van der Waals surface area (Å²) >= 11 is 1.90. The largest absolute Gasteiger partial charge is 0.381 e. The molecule has 13 nitrogen and oxygen atoms in total. The van der Waals surface area contributed by atoms with E-state index in [9.17, 15) is 24.0 Å². The minimum atomic E-state index is -0.328. The van der Waals surface area contributed by atoms with Crippen molar-refractivity contribution in [3.05, 3.63) is 12.2 Å². The summed E-state index contributed by atoms with van der Waals surface area (Å²) < 4.78 is 16.9. The van der Waals surface area contributed by atoms with E-state index >= 15 is 0 Å². The van der Waals surface area contributed by atoms with Crippen molar-refractivity contribution >= 4 is 41.4 Å². The molecule has 14 heteroatoms. The first-order valence-corrected chi connectivity index (χ1v) is 16.9. The Kier molecular flexibility index (Phi) is 16.6. The van der Waals surface area contributed by atoms with Gasteiger partial charge in [0.1, 0.15) is 0 Å². The summed E-state index contributed by atoms with van der Waals surface area (Å²) in [6, 6.07) is 0.407. The Morgan fingerprint density at radius 1 is 0.864 bits per heavy atom. The smallest absolute Gasteiger partial charge is 0.315 e. The van der Waals surface area contributed by atoms with Gasteiger partial charge in [-0.15, -0.1) is 0 Å². The summed E-state index contributed by atoms with van der Waals surface area (Å²) in [5.74, 6) is 0.506. The van der Waals surface area contributed by atoms with Gasteiger partial charge < -0.3 is 35.5 Å². The van der Waals surface area contributed by atoms with E-state index in [0.717, 1.165) is 36.3 Å². The van der Waals surface area contributed by atoms with Gasteiger partial charge in [0.15, 0.2) is 0 Å². The number of imide groups is 1. The molecule has 3 aliphatic rings. The number of amides is 6. The Morgan fingerprint density at radius 3 is 2.18 bits per heavy atom. The molecule has 248 valence electrons. The highest BCUT2D eigenvalue weighted by Crippen LogP contribution is 2.33. The average Bonchev–Trinajstić information content (AvgIpc) is 3.65. The number of carbonyl (C=O) groups excluding carboxylic acids is 5. The summed E-state index contributed by atoms with van der Waals surface area (Å²) in [7, 11) is 0. The molecule has 0 aromatic heterocycles. The number of ether oxygens (including phenoxy) is 3. The third-order valence-corrected chi connectivity index (χ3v) is 9.03. The summed E-state index contributed by atoms with van der Waals surface area (Å²) in [5.41, 5.74) is 0. The monoisotopic (exact) mass is 639 g/mol. The molecule has 6 amide bonds. The highest BCUT2D eigenvalue weighted by atomic mass is 32.2. The van der Waals surface area contributed by atoms with E-state index in [2.05, 4.69) is 21.3 Å². The SMILES string of the molecule is CC(COCCCNC(=O)CCCN1C(=O)C=CC1=O)COCCOCCCNC(=O)CCCCC1SCC2NC(=O)NC21. The number of hydrogen-bond acceptors (Lipinski definition) is 9. The van der Waals surface area contributed by atoms with Crippen LogP contribution in [0.5, 0.6) is 0 Å². The van der Waals surface area contributed by atoms with Crippen LogP contribution in [0.1, 0.15) is 58.3 Å². The zero-order valence-corrected chi connectivity index (χ0v) is 26.6. The van der Waals surface area contributed by atoms with Gasteiger partial charge in [0.2, 0.25) is 11.8 Å². The lowest BCUT2D eigenvalue weighted by molar-refractivity contribution is -0.137. The highest BCUT2D eigenvalue weighted by molar-refractivity contribution is 8.00. The van der Waals surface area contributed by atoms with Crippen LogP contribution in [0.2, 0.25) is 0 Å². The van der Waals surface area contributed by atoms with E-state index in [1.54, 1.807) is 0 Å². The zero-order chi connectivity index (χ0) is 31.6. The van der Waals surface area contributed by atoms with Gasteiger partial charge in [0.05, 0.1) is 38.5 Å². The van der Waals surface area contributed by atoms with Crippen LogP contribution in [-0.2, 0) is 33.4 Å². The lowest BCUT2D eigenvalue weighted by Crippen LogP contribution is -2.36. The first-order chi connectivity index (χ1) is 21.3. The molecule has 2 fully saturated rings. The maximum Gasteiger partial charge on any atom is 0.315 e. The minimum Gasteiger partial charge on any atom is -0.381 e. The lowest BCUT2D eigenvalue weighted by Gasteiger charge is -2.16. The number of hydrogen-bond donors (Lipinski definition) is 4. The molecule has 0 bridgehead atoms. The van der Waals surface area contributed by atoms with Crippen LogP contribution in [0.4, 0.5) is 4.79 Å². The maximum absolute atomic E-state index is 12.1. The summed E-state index contributed by atoms with van der Waals surface area (Å²) in [4.78, 5) is 59.5. The van der Waals surface area contributed by atoms with Crippen molar-refractivity contribution in [2.24, 2.45) is 5.92 Å². The molecule has 4 unspecified atom stereocenters. The molecule has 0 aliphatic carbocycles. The lowest BCUT2D eigenvalue weighted by atomic mass is 10.0. The fourth-order valence-corrected chi connectivity index (χ4v) is 6.68. The predicted molar refractivity (Wildman–Crippen MR) is 166 cm³/mol. The third-order valence-electron chi connectivity index (χ3n) is 7.52. The van der Waals surface area contributed by atoms with Crippen LogP contribution in [0.15, 0.2) is 12.2 Å². The minimum absolute atomic E-state index is 0.0615.